The molecule has 150 valence electrons. The lowest BCUT2D eigenvalue weighted by Crippen LogP contribution is -2.24. The largest absolute Gasteiger partial charge is 0.573 e. The van der Waals surface area contributed by atoms with Crippen molar-refractivity contribution in [3.05, 3.63) is 56.4 Å². The third kappa shape index (κ3) is 3.73. The molecule has 3 rings (SSSR count). The summed E-state index contributed by atoms with van der Waals surface area (Å²) in [6, 6.07) is 3.38. The van der Waals surface area contributed by atoms with Gasteiger partial charge >= 0.3 is 18.2 Å². The number of rotatable bonds is 3. The molecule has 0 spiro atoms. The van der Waals surface area contributed by atoms with E-state index >= 15 is 0 Å². The van der Waals surface area contributed by atoms with Crippen LogP contribution in [0.25, 0.3) is 11.0 Å². The summed E-state index contributed by atoms with van der Waals surface area (Å²) in [5, 5.41) is 2.56. The number of aromatic amines is 2. The second kappa shape index (κ2) is 6.42. The molecule has 0 saturated carbocycles. The van der Waals surface area contributed by atoms with Gasteiger partial charge in [0.25, 0.3) is 5.56 Å². The minimum absolute atomic E-state index is 0.258. The smallest absolute Gasteiger partial charge is 0.406 e. The van der Waals surface area contributed by atoms with E-state index in [4.69, 9.17) is 0 Å². The lowest BCUT2D eigenvalue weighted by Gasteiger charge is -2.15. The van der Waals surface area contributed by atoms with Crippen molar-refractivity contribution < 1.29 is 31.1 Å². The van der Waals surface area contributed by atoms with E-state index < -0.39 is 52.3 Å². The van der Waals surface area contributed by atoms with Gasteiger partial charge in [0, 0.05) is 0 Å². The summed E-state index contributed by atoms with van der Waals surface area (Å²) in [7, 11) is 0. The molecule has 0 unspecified atom stereocenters. The third-order valence-electron chi connectivity index (χ3n) is 3.83. The van der Waals surface area contributed by atoms with Crippen LogP contribution in [0.4, 0.5) is 26.3 Å². The summed E-state index contributed by atoms with van der Waals surface area (Å²) >= 11 is 0. The number of halogens is 6. The number of aromatic nitrogens is 4. The SMILES string of the molecule is C[C@H](c1ccc(OC(F)(F)F)cc1)n1nc(C(F)(F)F)c2c(=O)[nH]c(=O)[nH]c21. The quantitative estimate of drug-likeness (QED) is 0.652. The maximum Gasteiger partial charge on any atom is 0.573 e. The molecule has 0 fully saturated rings. The Morgan fingerprint density at radius 2 is 1.64 bits per heavy atom. The number of alkyl halides is 6. The summed E-state index contributed by atoms with van der Waals surface area (Å²) in [6.07, 6.45) is -9.87. The molecule has 0 aliphatic carbocycles. The van der Waals surface area contributed by atoms with Gasteiger partial charge in [0.05, 0.1) is 6.04 Å². The topological polar surface area (TPSA) is 92.8 Å². The zero-order valence-electron chi connectivity index (χ0n) is 13.8. The number of hydrogen-bond donors (Lipinski definition) is 2. The molecule has 0 bridgehead atoms. The van der Waals surface area contributed by atoms with E-state index in [1.165, 1.54) is 19.1 Å². The summed E-state index contributed by atoms with van der Waals surface area (Å²) in [4.78, 5) is 27.2. The molecule has 0 saturated heterocycles. The van der Waals surface area contributed by atoms with Gasteiger partial charge in [-0.05, 0) is 24.6 Å². The Hall–Kier alpha value is -3.25. The van der Waals surface area contributed by atoms with Gasteiger partial charge in [-0.2, -0.15) is 18.3 Å². The molecule has 2 N–H and O–H groups in total. The van der Waals surface area contributed by atoms with Crippen LogP contribution in [-0.2, 0) is 6.18 Å². The monoisotopic (exact) mass is 408 g/mol. The summed E-state index contributed by atoms with van der Waals surface area (Å²) in [5.41, 5.74) is -4.01. The first-order chi connectivity index (χ1) is 12.9. The molecule has 1 aromatic carbocycles. The molecule has 13 heteroatoms. The lowest BCUT2D eigenvalue weighted by atomic mass is 10.1. The molecule has 0 radical (unpaired) electrons. The highest BCUT2D eigenvalue weighted by Crippen LogP contribution is 2.34. The van der Waals surface area contributed by atoms with Crippen molar-refractivity contribution in [2.75, 3.05) is 0 Å². The van der Waals surface area contributed by atoms with E-state index in [0.29, 0.717) is 0 Å². The minimum Gasteiger partial charge on any atom is -0.406 e. The number of hydrogen-bond acceptors (Lipinski definition) is 4. The van der Waals surface area contributed by atoms with Gasteiger partial charge in [0.2, 0.25) is 0 Å². The van der Waals surface area contributed by atoms with Crippen molar-refractivity contribution in [3.8, 4) is 5.75 Å². The Bertz CT molecular complexity index is 1120. The van der Waals surface area contributed by atoms with Gasteiger partial charge < -0.3 is 4.74 Å². The van der Waals surface area contributed by atoms with Crippen LogP contribution in [-0.4, -0.2) is 26.1 Å². The Kier molecular flexibility index (Phi) is 4.47. The van der Waals surface area contributed by atoms with Crippen molar-refractivity contribution >= 4 is 11.0 Å². The van der Waals surface area contributed by atoms with Crippen LogP contribution in [0.1, 0.15) is 24.2 Å². The first-order valence-electron chi connectivity index (χ1n) is 7.54. The molecule has 0 amide bonds. The average molecular weight is 408 g/mol. The molecule has 3 aromatic rings. The van der Waals surface area contributed by atoms with Crippen molar-refractivity contribution in [1.82, 2.24) is 19.7 Å². The predicted octanol–water partition coefficient (Wildman–Crippen LogP) is 2.94. The Morgan fingerprint density at radius 3 is 2.18 bits per heavy atom. The van der Waals surface area contributed by atoms with Gasteiger partial charge in [0.15, 0.2) is 5.69 Å². The number of ether oxygens (including phenoxy) is 1. The van der Waals surface area contributed by atoms with Crippen LogP contribution >= 0.6 is 0 Å². The molecule has 1 atom stereocenters. The van der Waals surface area contributed by atoms with E-state index in [9.17, 15) is 35.9 Å². The zero-order chi connectivity index (χ0) is 20.9. The molecule has 2 aromatic heterocycles. The highest BCUT2D eigenvalue weighted by Gasteiger charge is 2.39. The lowest BCUT2D eigenvalue weighted by molar-refractivity contribution is -0.274. The number of H-pyrrole nitrogens is 2. The van der Waals surface area contributed by atoms with E-state index in [1.54, 1.807) is 4.98 Å². The maximum absolute atomic E-state index is 13.2. The predicted molar refractivity (Wildman–Crippen MR) is 82.9 cm³/mol. The third-order valence-corrected chi connectivity index (χ3v) is 3.83. The van der Waals surface area contributed by atoms with Crippen LogP contribution in [0.2, 0.25) is 0 Å². The molecule has 2 heterocycles. The van der Waals surface area contributed by atoms with Crippen molar-refractivity contribution in [2.24, 2.45) is 0 Å². The Balaban J connectivity index is 2.11. The van der Waals surface area contributed by atoms with E-state index in [0.717, 1.165) is 16.8 Å². The molecule has 0 aliphatic heterocycles. The van der Waals surface area contributed by atoms with Crippen molar-refractivity contribution in [3.63, 3.8) is 0 Å². The van der Waals surface area contributed by atoms with Crippen LogP contribution in [0.3, 0.4) is 0 Å². The van der Waals surface area contributed by atoms with E-state index in [1.807, 2.05) is 0 Å². The first kappa shape index (κ1) is 19.5. The number of nitrogens with one attached hydrogen (secondary N) is 2. The fourth-order valence-corrected chi connectivity index (χ4v) is 2.64. The fraction of sp³-hybridized carbons (Fsp3) is 0.267. The van der Waals surface area contributed by atoms with Gasteiger partial charge in [0.1, 0.15) is 16.8 Å². The summed E-state index contributed by atoms with van der Waals surface area (Å²) < 4.78 is 80.9. The molecule has 7 nitrogen and oxygen atoms in total. The van der Waals surface area contributed by atoms with Crippen LogP contribution < -0.4 is 16.0 Å². The first-order valence-corrected chi connectivity index (χ1v) is 7.54. The molecular weight excluding hydrogens is 398 g/mol. The summed E-state index contributed by atoms with van der Waals surface area (Å²) in [6.45, 7) is 1.39. The van der Waals surface area contributed by atoms with Crippen molar-refractivity contribution in [1.29, 1.82) is 0 Å². The number of benzene rings is 1. The van der Waals surface area contributed by atoms with Crippen molar-refractivity contribution in [2.45, 2.75) is 25.5 Å². The van der Waals surface area contributed by atoms with Gasteiger partial charge in [-0.25, -0.2) is 9.48 Å². The minimum atomic E-state index is -4.97. The van der Waals surface area contributed by atoms with Crippen LogP contribution in [0.5, 0.6) is 5.75 Å². The molecule has 0 aliphatic rings. The van der Waals surface area contributed by atoms with Gasteiger partial charge in [-0.15, -0.1) is 13.2 Å². The van der Waals surface area contributed by atoms with Crippen LogP contribution in [0.15, 0.2) is 33.9 Å². The normalized spacial score (nSPS) is 13.7. The fourth-order valence-electron chi connectivity index (χ4n) is 2.64. The molecular formula is C15H10F6N4O3. The number of fused-ring (bicyclic) bond motifs is 1. The van der Waals surface area contributed by atoms with Gasteiger partial charge in [-0.1, -0.05) is 12.1 Å². The van der Waals surface area contributed by atoms with E-state index in [2.05, 4.69) is 14.8 Å². The second-order valence-electron chi connectivity index (χ2n) is 5.72. The molecule has 28 heavy (non-hydrogen) atoms. The van der Waals surface area contributed by atoms with Crippen LogP contribution in [0, 0.1) is 0 Å². The maximum atomic E-state index is 13.2. The Morgan fingerprint density at radius 1 is 1.04 bits per heavy atom. The zero-order valence-corrected chi connectivity index (χ0v) is 13.8. The van der Waals surface area contributed by atoms with Gasteiger partial charge in [-0.3, -0.25) is 14.8 Å². The number of nitrogens with zero attached hydrogens (tertiary/aromatic N) is 2. The second-order valence-corrected chi connectivity index (χ2v) is 5.72. The average Bonchev–Trinajstić information content (AvgIpc) is 2.93. The highest BCUT2D eigenvalue weighted by atomic mass is 19.4. The highest BCUT2D eigenvalue weighted by molar-refractivity contribution is 5.77. The van der Waals surface area contributed by atoms with E-state index in [-0.39, 0.29) is 5.56 Å². The summed E-state index contributed by atoms with van der Waals surface area (Å²) in [5.74, 6) is -0.519. The Labute approximate surface area is 150 Å². The standard InChI is InChI=1S/C15H10F6N4O3/c1-6(7-2-4-8(5-3-7)28-15(19,20)21)25-11-9(10(24-25)14(16,17)18)12(26)23-13(27)22-11/h2-6H,1H3,(H2,22,23,26,27)/t6-/m1/s1.